The lowest BCUT2D eigenvalue weighted by Crippen LogP contribution is -2.14. The van der Waals surface area contributed by atoms with Crippen LogP contribution in [-0.4, -0.2) is 15.9 Å². The molecule has 0 bridgehead atoms. The van der Waals surface area contributed by atoms with E-state index in [1.54, 1.807) is 6.20 Å². The molecular weight excluding hydrogens is 342 g/mol. The molecule has 0 spiro atoms. The number of aromatic nitrogens is 2. The Morgan fingerprint density at radius 3 is 2.79 bits per heavy atom. The third kappa shape index (κ3) is 3.05. The second-order valence-electron chi connectivity index (χ2n) is 5.71. The Morgan fingerprint density at radius 2 is 2.00 bits per heavy atom. The van der Waals surface area contributed by atoms with Gasteiger partial charge in [-0.05, 0) is 36.1 Å². The van der Waals surface area contributed by atoms with Gasteiger partial charge in [-0.3, -0.25) is 9.78 Å². The first-order valence-corrected chi connectivity index (χ1v) is 8.90. The van der Waals surface area contributed by atoms with Crippen molar-refractivity contribution in [2.24, 2.45) is 5.92 Å². The van der Waals surface area contributed by atoms with Crippen molar-refractivity contribution in [3.05, 3.63) is 64.6 Å². The van der Waals surface area contributed by atoms with Crippen LogP contribution in [0.15, 0.2) is 54.0 Å². The molecule has 120 valence electrons. The standard InChI is InChI=1S/C18H14ClN3OS/c19-14-6-2-1-5-11(14)12-9-13(12)17(23)22-18-21-16(10-24-18)15-7-3-4-8-20-15/h1-8,10,12-13H,9H2,(H,21,22,23)/t12-,13+/m0/s1. The summed E-state index contributed by atoms with van der Waals surface area (Å²) in [6.45, 7) is 0. The van der Waals surface area contributed by atoms with Crippen molar-refractivity contribution >= 4 is 34.0 Å². The molecule has 1 aliphatic carbocycles. The molecular formula is C18H14ClN3OS. The summed E-state index contributed by atoms with van der Waals surface area (Å²) in [5, 5.41) is 6.14. The molecule has 4 rings (SSSR count). The van der Waals surface area contributed by atoms with Gasteiger partial charge in [0.25, 0.3) is 0 Å². The van der Waals surface area contributed by atoms with Crippen LogP contribution < -0.4 is 5.32 Å². The number of rotatable bonds is 4. The van der Waals surface area contributed by atoms with E-state index in [2.05, 4.69) is 15.3 Å². The maximum absolute atomic E-state index is 12.4. The zero-order chi connectivity index (χ0) is 16.5. The molecule has 1 fully saturated rings. The monoisotopic (exact) mass is 355 g/mol. The Kier molecular flexibility index (Phi) is 4.04. The summed E-state index contributed by atoms with van der Waals surface area (Å²) in [6.07, 6.45) is 2.55. The number of nitrogens with zero attached hydrogens (tertiary/aromatic N) is 2. The normalized spacial score (nSPS) is 19.0. The van der Waals surface area contributed by atoms with Gasteiger partial charge < -0.3 is 5.32 Å². The molecule has 1 N–H and O–H groups in total. The van der Waals surface area contributed by atoms with E-state index in [1.807, 2.05) is 47.8 Å². The molecule has 2 atom stereocenters. The number of carbonyl (C=O) groups is 1. The summed E-state index contributed by atoms with van der Waals surface area (Å²) in [4.78, 5) is 21.1. The fraction of sp³-hybridized carbons (Fsp3) is 0.167. The number of nitrogens with one attached hydrogen (secondary N) is 1. The molecule has 1 amide bonds. The van der Waals surface area contributed by atoms with Gasteiger partial charge in [0.2, 0.25) is 5.91 Å². The summed E-state index contributed by atoms with van der Waals surface area (Å²) in [7, 11) is 0. The second kappa shape index (κ2) is 6.34. The lowest BCUT2D eigenvalue weighted by Gasteiger charge is -2.03. The first-order chi connectivity index (χ1) is 11.7. The summed E-state index contributed by atoms with van der Waals surface area (Å²) < 4.78 is 0. The third-order valence-electron chi connectivity index (χ3n) is 4.09. The molecule has 24 heavy (non-hydrogen) atoms. The first-order valence-electron chi connectivity index (χ1n) is 7.64. The second-order valence-corrected chi connectivity index (χ2v) is 6.98. The fourth-order valence-electron chi connectivity index (χ4n) is 2.77. The largest absolute Gasteiger partial charge is 0.302 e. The number of anilines is 1. The Balaban J connectivity index is 1.43. The zero-order valence-electron chi connectivity index (χ0n) is 12.6. The summed E-state index contributed by atoms with van der Waals surface area (Å²) >= 11 is 7.62. The number of halogens is 1. The maximum Gasteiger partial charge on any atom is 0.229 e. The molecule has 0 aliphatic heterocycles. The van der Waals surface area contributed by atoms with E-state index in [0.717, 1.165) is 28.4 Å². The predicted molar refractivity (Wildman–Crippen MR) is 96.3 cm³/mol. The lowest BCUT2D eigenvalue weighted by atomic mass is 10.1. The zero-order valence-corrected chi connectivity index (χ0v) is 14.2. The molecule has 0 radical (unpaired) electrons. The highest BCUT2D eigenvalue weighted by Crippen LogP contribution is 2.50. The highest BCUT2D eigenvalue weighted by molar-refractivity contribution is 7.14. The average Bonchev–Trinajstić information content (AvgIpc) is 3.27. The first kappa shape index (κ1) is 15.3. The maximum atomic E-state index is 12.4. The van der Waals surface area contributed by atoms with Crippen LogP contribution in [0.25, 0.3) is 11.4 Å². The van der Waals surface area contributed by atoms with Gasteiger partial charge in [-0.2, -0.15) is 0 Å². The molecule has 2 aromatic heterocycles. The van der Waals surface area contributed by atoms with Crippen LogP contribution in [0, 0.1) is 5.92 Å². The fourth-order valence-corrected chi connectivity index (χ4v) is 3.75. The van der Waals surface area contributed by atoms with Crippen molar-refractivity contribution in [2.75, 3.05) is 5.32 Å². The summed E-state index contributed by atoms with van der Waals surface area (Å²) in [6, 6.07) is 13.4. The van der Waals surface area contributed by atoms with Gasteiger partial charge in [0, 0.05) is 22.5 Å². The molecule has 0 saturated heterocycles. The van der Waals surface area contributed by atoms with Gasteiger partial charge in [-0.15, -0.1) is 11.3 Å². The summed E-state index contributed by atoms with van der Waals surface area (Å²) in [5.41, 5.74) is 2.62. The van der Waals surface area contributed by atoms with E-state index in [1.165, 1.54) is 11.3 Å². The Hall–Kier alpha value is -2.24. The van der Waals surface area contributed by atoms with Crippen LogP contribution in [0.5, 0.6) is 0 Å². The number of hydrogen-bond acceptors (Lipinski definition) is 4. The van der Waals surface area contributed by atoms with E-state index >= 15 is 0 Å². The van der Waals surface area contributed by atoms with Crippen LogP contribution >= 0.6 is 22.9 Å². The number of amides is 1. The van der Waals surface area contributed by atoms with E-state index < -0.39 is 0 Å². The van der Waals surface area contributed by atoms with Gasteiger partial charge >= 0.3 is 0 Å². The molecule has 1 aliphatic rings. The van der Waals surface area contributed by atoms with Crippen LogP contribution in [0.1, 0.15) is 17.9 Å². The molecule has 4 nitrogen and oxygen atoms in total. The van der Waals surface area contributed by atoms with Crippen LogP contribution in [-0.2, 0) is 4.79 Å². The van der Waals surface area contributed by atoms with Crippen LogP contribution in [0.3, 0.4) is 0 Å². The molecule has 3 aromatic rings. The van der Waals surface area contributed by atoms with E-state index in [-0.39, 0.29) is 17.7 Å². The van der Waals surface area contributed by atoms with Crippen molar-refractivity contribution in [1.29, 1.82) is 0 Å². The van der Waals surface area contributed by atoms with Crippen molar-refractivity contribution in [2.45, 2.75) is 12.3 Å². The molecule has 1 saturated carbocycles. The van der Waals surface area contributed by atoms with E-state index in [0.29, 0.717) is 5.13 Å². The van der Waals surface area contributed by atoms with Crippen molar-refractivity contribution in [3.63, 3.8) is 0 Å². The predicted octanol–water partition coefficient (Wildman–Crippen LogP) is 4.60. The number of hydrogen-bond donors (Lipinski definition) is 1. The van der Waals surface area contributed by atoms with Crippen molar-refractivity contribution in [3.8, 4) is 11.4 Å². The highest BCUT2D eigenvalue weighted by atomic mass is 35.5. The Morgan fingerprint density at radius 1 is 1.17 bits per heavy atom. The molecule has 6 heteroatoms. The number of carbonyl (C=O) groups excluding carboxylic acids is 1. The quantitative estimate of drug-likeness (QED) is 0.744. The SMILES string of the molecule is O=C(Nc1nc(-c2ccccn2)cs1)[C@@H]1C[C@H]1c1ccccc1Cl. The smallest absolute Gasteiger partial charge is 0.229 e. The molecule has 0 unspecified atom stereocenters. The van der Waals surface area contributed by atoms with Crippen LogP contribution in [0.2, 0.25) is 5.02 Å². The van der Waals surface area contributed by atoms with E-state index in [9.17, 15) is 4.79 Å². The van der Waals surface area contributed by atoms with Gasteiger partial charge in [-0.1, -0.05) is 35.9 Å². The van der Waals surface area contributed by atoms with Crippen molar-refractivity contribution in [1.82, 2.24) is 9.97 Å². The topological polar surface area (TPSA) is 54.9 Å². The molecule has 2 heterocycles. The Bertz CT molecular complexity index is 881. The van der Waals surface area contributed by atoms with Crippen LogP contribution in [0.4, 0.5) is 5.13 Å². The lowest BCUT2D eigenvalue weighted by molar-refractivity contribution is -0.117. The highest BCUT2D eigenvalue weighted by Gasteiger charge is 2.45. The van der Waals surface area contributed by atoms with Crippen molar-refractivity contribution < 1.29 is 4.79 Å². The average molecular weight is 356 g/mol. The number of pyridine rings is 1. The third-order valence-corrected chi connectivity index (χ3v) is 5.20. The summed E-state index contributed by atoms with van der Waals surface area (Å²) in [5.74, 6) is 0.169. The van der Waals surface area contributed by atoms with Gasteiger partial charge in [0.15, 0.2) is 5.13 Å². The minimum Gasteiger partial charge on any atom is -0.302 e. The van der Waals surface area contributed by atoms with Gasteiger partial charge in [0.05, 0.1) is 5.69 Å². The number of benzene rings is 1. The minimum absolute atomic E-state index is 0.00170. The van der Waals surface area contributed by atoms with Gasteiger partial charge in [0.1, 0.15) is 5.69 Å². The number of thiazole rings is 1. The Labute approximate surface area is 148 Å². The minimum atomic E-state index is -0.0351. The van der Waals surface area contributed by atoms with E-state index in [4.69, 9.17) is 11.6 Å². The van der Waals surface area contributed by atoms with Gasteiger partial charge in [-0.25, -0.2) is 4.98 Å². The molecule has 1 aromatic carbocycles.